The van der Waals surface area contributed by atoms with E-state index >= 15 is 0 Å². The van der Waals surface area contributed by atoms with E-state index in [-0.39, 0.29) is 0 Å². The molecule has 0 fully saturated rings. The molecule has 4 aromatic carbocycles. The molecule has 42 heavy (non-hydrogen) atoms. The lowest BCUT2D eigenvalue weighted by Gasteiger charge is -2.15. The van der Waals surface area contributed by atoms with Crippen LogP contribution in [0.1, 0.15) is 0 Å². The summed E-state index contributed by atoms with van der Waals surface area (Å²) in [6.07, 6.45) is 5.59. The zero-order chi connectivity index (χ0) is 27.6. The van der Waals surface area contributed by atoms with Crippen LogP contribution in [0, 0.1) is 0 Å². The van der Waals surface area contributed by atoms with Gasteiger partial charge in [0.15, 0.2) is 0 Å². The molecule has 5 heterocycles. The molecule has 0 spiro atoms. The van der Waals surface area contributed by atoms with Gasteiger partial charge in [-0.3, -0.25) is 15.0 Å². The third-order valence-electron chi connectivity index (χ3n) is 8.14. The molecule has 0 saturated carbocycles. The van der Waals surface area contributed by atoms with Crippen LogP contribution in [0.3, 0.4) is 0 Å². The molecule has 0 bridgehead atoms. The predicted octanol–water partition coefficient (Wildman–Crippen LogP) is 8.91. The number of rotatable bonds is 2. The van der Waals surface area contributed by atoms with Crippen molar-refractivity contribution in [2.45, 2.75) is 0 Å². The third kappa shape index (κ3) is 3.40. The normalized spacial score (nSPS) is 11.8. The minimum atomic E-state index is 0.788. The minimum Gasteiger partial charge on any atom is -0.256 e. The number of fused-ring (bicyclic) bond motifs is 9. The lowest BCUT2D eigenvalue weighted by Crippen LogP contribution is -1.97. The standard InChI is InChI=1S/C37H21N5/c1-2-9-27-26(6-1)21-40-30-11-3-10-28(32(27)30)29-20-25-15-14-23-8-5-19-39-34(23)36(25)42-37(29)31-17-16-24-13-12-22-7-4-18-38-33(22)35(24)41-31/h1-21H. The first-order valence-corrected chi connectivity index (χ1v) is 13.9. The van der Waals surface area contributed by atoms with E-state index in [0.717, 1.165) is 87.8 Å². The number of hydrogen-bond donors (Lipinski definition) is 0. The molecule has 0 unspecified atom stereocenters. The summed E-state index contributed by atoms with van der Waals surface area (Å²) in [6, 6.07) is 37.6. The summed E-state index contributed by atoms with van der Waals surface area (Å²) in [6.45, 7) is 0. The largest absolute Gasteiger partial charge is 0.256 e. The third-order valence-corrected chi connectivity index (χ3v) is 8.14. The molecule has 0 radical (unpaired) electrons. The topological polar surface area (TPSA) is 64.5 Å². The van der Waals surface area contributed by atoms with Gasteiger partial charge in [0.1, 0.15) is 0 Å². The van der Waals surface area contributed by atoms with Crippen LogP contribution in [0.5, 0.6) is 0 Å². The second kappa shape index (κ2) is 8.85. The lowest BCUT2D eigenvalue weighted by atomic mass is 9.93. The predicted molar refractivity (Wildman–Crippen MR) is 171 cm³/mol. The molecule has 194 valence electrons. The van der Waals surface area contributed by atoms with Gasteiger partial charge in [-0.25, -0.2) is 9.97 Å². The van der Waals surface area contributed by atoms with Gasteiger partial charge in [-0.05, 0) is 41.3 Å². The monoisotopic (exact) mass is 535 g/mol. The van der Waals surface area contributed by atoms with E-state index in [9.17, 15) is 0 Å². The Morgan fingerprint density at radius 2 is 1.10 bits per heavy atom. The van der Waals surface area contributed by atoms with E-state index in [0.29, 0.717) is 0 Å². The summed E-state index contributed by atoms with van der Waals surface area (Å²) in [5.41, 5.74) is 8.08. The lowest BCUT2D eigenvalue weighted by molar-refractivity contribution is 1.31. The molecule has 0 N–H and O–H groups in total. The van der Waals surface area contributed by atoms with E-state index < -0.39 is 0 Å². The Morgan fingerprint density at radius 1 is 0.429 bits per heavy atom. The summed E-state index contributed by atoms with van der Waals surface area (Å²) >= 11 is 0. The first kappa shape index (κ1) is 22.9. The Bertz CT molecular complexity index is 2540. The highest BCUT2D eigenvalue weighted by Crippen LogP contribution is 2.40. The quantitative estimate of drug-likeness (QED) is 0.207. The second-order valence-corrected chi connectivity index (χ2v) is 10.6. The fraction of sp³-hybridized carbons (Fsp3) is 0. The van der Waals surface area contributed by atoms with Gasteiger partial charge < -0.3 is 0 Å². The molecule has 5 nitrogen and oxygen atoms in total. The zero-order valence-corrected chi connectivity index (χ0v) is 22.4. The number of nitrogens with zero attached hydrogens (tertiary/aromatic N) is 5. The van der Waals surface area contributed by atoms with Crippen molar-refractivity contribution in [1.29, 1.82) is 0 Å². The summed E-state index contributed by atoms with van der Waals surface area (Å²) in [5.74, 6) is 0. The van der Waals surface area contributed by atoms with E-state index in [1.165, 1.54) is 0 Å². The van der Waals surface area contributed by atoms with Crippen molar-refractivity contribution in [1.82, 2.24) is 24.9 Å². The van der Waals surface area contributed by atoms with Crippen LogP contribution in [0.2, 0.25) is 0 Å². The van der Waals surface area contributed by atoms with Crippen molar-refractivity contribution in [2.75, 3.05) is 0 Å². The molecule has 0 amide bonds. The Hall–Kier alpha value is -5.81. The van der Waals surface area contributed by atoms with Crippen LogP contribution in [-0.2, 0) is 0 Å². The van der Waals surface area contributed by atoms with Gasteiger partial charge in [-0.2, -0.15) is 0 Å². The van der Waals surface area contributed by atoms with Crippen LogP contribution in [0.15, 0.2) is 128 Å². The summed E-state index contributed by atoms with van der Waals surface area (Å²) in [5, 5.41) is 7.54. The van der Waals surface area contributed by atoms with Crippen LogP contribution >= 0.6 is 0 Å². The molecule has 9 aromatic rings. The fourth-order valence-electron chi connectivity index (χ4n) is 6.16. The van der Waals surface area contributed by atoms with Crippen LogP contribution < -0.4 is 0 Å². The molecule has 0 aliphatic rings. The van der Waals surface area contributed by atoms with Crippen molar-refractivity contribution < 1.29 is 0 Å². The SMILES string of the molecule is c1ccc2c(c1)cnc1cccc(-c3cc4ccc5cccnc5c4nc3-c3ccc4ccc5cccnc5c4n3)c12. The maximum Gasteiger partial charge on any atom is 0.0973 e. The highest BCUT2D eigenvalue weighted by molar-refractivity contribution is 6.15. The van der Waals surface area contributed by atoms with Gasteiger partial charge in [0, 0.05) is 56.5 Å². The van der Waals surface area contributed by atoms with Gasteiger partial charge in [0.2, 0.25) is 0 Å². The first-order valence-electron chi connectivity index (χ1n) is 13.9. The van der Waals surface area contributed by atoms with E-state index in [4.69, 9.17) is 19.9 Å². The molecular formula is C37H21N5. The molecular weight excluding hydrogens is 514 g/mol. The summed E-state index contributed by atoms with van der Waals surface area (Å²) in [7, 11) is 0. The maximum absolute atomic E-state index is 5.36. The molecule has 0 aliphatic carbocycles. The van der Waals surface area contributed by atoms with E-state index in [1.807, 2.05) is 30.7 Å². The number of benzene rings is 4. The van der Waals surface area contributed by atoms with Crippen molar-refractivity contribution in [2.24, 2.45) is 0 Å². The van der Waals surface area contributed by atoms with Gasteiger partial charge in [0.25, 0.3) is 0 Å². The average molecular weight is 536 g/mol. The van der Waals surface area contributed by atoms with Gasteiger partial charge in [0.05, 0.1) is 39.0 Å². The molecule has 9 rings (SSSR count). The molecule has 0 atom stereocenters. The number of aromatic nitrogens is 5. The number of hydrogen-bond acceptors (Lipinski definition) is 5. The zero-order valence-electron chi connectivity index (χ0n) is 22.4. The maximum atomic E-state index is 5.36. The minimum absolute atomic E-state index is 0.788. The summed E-state index contributed by atoms with van der Waals surface area (Å²) < 4.78 is 0. The van der Waals surface area contributed by atoms with Gasteiger partial charge in [-0.15, -0.1) is 0 Å². The average Bonchev–Trinajstić information content (AvgIpc) is 3.07. The molecule has 5 heteroatoms. The molecule has 5 aromatic heterocycles. The number of pyridine rings is 5. The van der Waals surface area contributed by atoms with Crippen LogP contribution in [0.4, 0.5) is 0 Å². The Balaban J connectivity index is 1.43. The smallest absolute Gasteiger partial charge is 0.0973 e. The van der Waals surface area contributed by atoms with Crippen LogP contribution in [0.25, 0.3) is 87.8 Å². The van der Waals surface area contributed by atoms with Crippen molar-refractivity contribution in [3.63, 3.8) is 0 Å². The first-order chi connectivity index (χ1) is 20.8. The molecule has 0 aliphatic heterocycles. The van der Waals surface area contributed by atoms with Crippen molar-refractivity contribution >= 4 is 65.3 Å². The Labute approximate surface area is 240 Å². The Morgan fingerprint density at radius 3 is 1.90 bits per heavy atom. The molecule has 0 saturated heterocycles. The second-order valence-electron chi connectivity index (χ2n) is 10.6. The van der Waals surface area contributed by atoms with Gasteiger partial charge >= 0.3 is 0 Å². The highest BCUT2D eigenvalue weighted by Gasteiger charge is 2.19. The van der Waals surface area contributed by atoms with E-state index in [1.54, 1.807) is 0 Å². The van der Waals surface area contributed by atoms with Gasteiger partial charge in [-0.1, -0.05) is 78.9 Å². The van der Waals surface area contributed by atoms with Crippen molar-refractivity contribution in [3.05, 3.63) is 128 Å². The van der Waals surface area contributed by atoms with Crippen molar-refractivity contribution in [3.8, 4) is 22.5 Å². The fourth-order valence-corrected chi connectivity index (χ4v) is 6.16. The van der Waals surface area contributed by atoms with Crippen LogP contribution in [-0.4, -0.2) is 24.9 Å². The summed E-state index contributed by atoms with van der Waals surface area (Å²) in [4.78, 5) is 24.8. The van der Waals surface area contributed by atoms with E-state index in [2.05, 4.69) is 102 Å². The highest BCUT2D eigenvalue weighted by atomic mass is 14.8. The Kier molecular flexibility index (Phi) is 4.83.